The molecule has 1 atom stereocenters. The number of carboxylic acid groups (broad SMARTS) is 1. The monoisotopic (exact) mass is 278 g/mol. The van der Waals surface area contributed by atoms with Gasteiger partial charge in [-0.3, -0.25) is 0 Å². The molecule has 1 aromatic rings. The maximum Gasteiger partial charge on any atom is 0.345 e. The molecule has 0 aliphatic rings. The minimum absolute atomic E-state index is 0.115. The van der Waals surface area contributed by atoms with E-state index in [9.17, 15) is 9.90 Å². The van der Waals surface area contributed by atoms with E-state index in [2.05, 4.69) is 6.58 Å². The van der Waals surface area contributed by atoms with Crippen molar-refractivity contribution in [2.24, 2.45) is 5.92 Å². The normalized spacial score (nSPS) is 12.0. The Bertz CT molecular complexity index is 466. The van der Waals surface area contributed by atoms with Crippen LogP contribution in [0.3, 0.4) is 0 Å². The van der Waals surface area contributed by atoms with Gasteiger partial charge in [0, 0.05) is 11.5 Å². The second kappa shape index (κ2) is 7.58. The van der Waals surface area contributed by atoms with Crippen LogP contribution in [0.4, 0.5) is 0 Å². The summed E-state index contributed by atoms with van der Waals surface area (Å²) in [6.07, 6.45) is 1.49. The molecule has 20 heavy (non-hydrogen) atoms. The largest absolute Gasteiger partial charge is 0.494 e. The van der Waals surface area contributed by atoms with E-state index >= 15 is 0 Å². The SMILES string of the molecule is C=CCc1cc(OCC)ccc1OC(C(=O)O)C(C)C. The molecule has 0 saturated heterocycles. The number of aliphatic carboxylic acids is 1. The second-order valence-electron chi connectivity index (χ2n) is 4.82. The zero-order chi connectivity index (χ0) is 15.1. The molecule has 0 amide bonds. The summed E-state index contributed by atoms with van der Waals surface area (Å²) >= 11 is 0. The van der Waals surface area contributed by atoms with Crippen molar-refractivity contribution in [2.45, 2.75) is 33.3 Å². The molecule has 0 aliphatic carbocycles. The number of hydrogen-bond acceptors (Lipinski definition) is 3. The molecule has 1 aromatic carbocycles. The van der Waals surface area contributed by atoms with Gasteiger partial charge in [0.25, 0.3) is 0 Å². The van der Waals surface area contributed by atoms with Gasteiger partial charge in [0.15, 0.2) is 6.10 Å². The smallest absolute Gasteiger partial charge is 0.345 e. The number of carboxylic acids is 1. The first-order valence-corrected chi connectivity index (χ1v) is 6.75. The van der Waals surface area contributed by atoms with E-state index in [1.165, 1.54) is 0 Å². The van der Waals surface area contributed by atoms with Crippen LogP contribution >= 0.6 is 0 Å². The number of hydrogen-bond donors (Lipinski definition) is 1. The minimum Gasteiger partial charge on any atom is -0.494 e. The fraction of sp³-hybridized carbons (Fsp3) is 0.438. The summed E-state index contributed by atoms with van der Waals surface area (Å²) in [4.78, 5) is 11.2. The van der Waals surface area contributed by atoms with Gasteiger partial charge in [-0.05, 0) is 31.5 Å². The molecule has 1 unspecified atom stereocenters. The summed E-state index contributed by atoms with van der Waals surface area (Å²) in [5, 5.41) is 9.19. The third-order valence-corrected chi connectivity index (χ3v) is 2.81. The summed E-state index contributed by atoms with van der Waals surface area (Å²) in [6.45, 7) is 9.84. The van der Waals surface area contributed by atoms with Crippen molar-refractivity contribution in [3.63, 3.8) is 0 Å². The van der Waals surface area contributed by atoms with Gasteiger partial charge in [-0.1, -0.05) is 19.9 Å². The maximum absolute atomic E-state index is 11.2. The second-order valence-corrected chi connectivity index (χ2v) is 4.82. The standard InChI is InChI=1S/C16H22O4/c1-5-7-12-10-13(19-6-2)8-9-14(12)20-15(11(3)4)16(17)18/h5,8-11,15H,1,6-7H2,2-4H3,(H,17,18). The lowest BCUT2D eigenvalue weighted by Gasteiger charge is -2.20. The molecule has 0 fully saturated rings. The van der Waals surface area contributed by atoms with Crippen molar-refractivity contribution in [2.75, 3.05) is 6.61 Å². The molecule has 0 aliphatic heterocycles. The van der Waals surface area contributed by atoms with Gasteiger partial charge in [-0.15, -0.1) is 6.58 Å². The Morgan fingerprint density at radius 3 is 2.65 bits per heavy atom. The third-order valence-electron chi connectivity index (χ3n) is 2.81. The highest BCUT2D eigenvalue weighted by Gasteiger charge is 2.24. The first kappa shape index (κ1) is 16.1. The minimum atomic E-state index is -0.960. The van der Waals surface area contributed by atoms with Crippen LogP contribution in [-0.2, 0) is 11.2 Å². The van der Waals surface area contributed by atoms with Crippen molar-refractivity contribution in [3.05, 3.63) is 36.4 Å². The van der Waals surface area contributed by atoms with Gasteiger partial charge in [0.2, 0.25) is 0 Å². The van der Waals surface area contributed by atoms with Crippen molar-refractivity contribution in [1.29, 1.82) is 0 Å². The van der Waals surface area contributed by atoms with E-state index in [-0.39, 0.29) is 5.92 Å². The Hall–Kier alpha value is -1.97. The Morgan fingerprint density at radius 1 is 1.45 bits per heavy atom. The zero-order valence-corrected chi connectivity index (χ0v) is 12.3. The molecule has 1 N–H and O–H groups in total. The van der Waals surface area contributed by atoms with Gasteiger partial charge < -0.3 is 14.6 Å². The summed E-state index contributed by atoms with van der Waals surface area (Å²) in [6, 6.07) is 5.40. The van der Waals surface area contributed by atoms with E-state index in [0.29, 0.717) is 18.8 Å². The molecule has 0 bridgehead atoms. The number of carbonyl (C=O) groups is 1. The van der Waals surface area contributed by atoms with E-state index in [1.807, 2.05) is 26.8 Å². The average Bonchev–Trinajstić information content (AvgIpc) is 2.37. The van der Waals surface area contributed by atoms with Gasteiger partial charge in [0.1, 0.15) is 11.5 Å². The number of benzene rings is 1. The summed E-state index contributed by atoms with van der Waals surface area (Å²) in [5.74, 6) is 0.233. The fourth-order valence-electron chi connectivity index (χ4n) is 1.85. The van der Waals surface area contributed by atoms with Crippen LogP contribution in [0.2, 0.25) is 0 Å². The topological polar surface area (TPSA) is 55.8 Å². The molecule has 0 saturated carbocycles. The highest BCUT2D eigenvalue weighted by Crippen LogP contribution is 2.27. The lowest BCUT2D eigenvalue weighted by atomic mass is 10.1. The highest BCUT2D eigenvalue weighted by molar-refractivity contribution is 5.73. The van der Waals surface area contributed by atoms with Crippen LogP contribution in [0.5, 0.6) is 11.5 Å². The predicted molar refractivity (Wildman–Crippen MR) is 78.4 cm³/mol. The number of ether oxygens (including phenoxy) is 2. The van der Waals surface area contributed by atoms with Crippen LogP contribution < -0.4 is 9.47 Å². The Kier molecular flexibility index (Phi) is 6.10. The van der Waals surface area contributed by atoms with Crippen molar-refractivity contribution in [1.82, 2.24) is 0 Å². The number of allylic oxidation sites excluding steroid dienone is 1. The zero-order valence-electron chi connectivity index (χ0n) is 12.3. The highest BCUT2D eigenvalue weighted by atomic mass is 16.5. The third kappa shape index (κ3) is 4.30. The van der Waals surface area contributed by atoms with Crippen LogP contribution in [0.15, 0.2) is 30.9 Å². The molecule has 0 heterocycles. The molecular weight excluding hydrogens is 256 g/mol. The molecule has 1 rings (SSSR count). The van der Waals surface area contributed by atoms with Gasteiger partial charge in [-0.2, -0.15) is 0 Å². The van der Waals surface area contributed by atoms with E-state index in [4.69, 9.17) is 9.47 Å². The van der Waals surface area contributed by atoms with Crippen molar-refractivity contribution in [3.8, 4) is 11.5 Å². The Morgan fingerprint density at radius 2 is 2.15 bits per heavy atom. The van der Waals surface area contributed by atoms with E-state index in [1.54, 1.807) is 18.2 Å². The van der Waals surface area contributed by atoms with Gasteiger partial charge in [0.05, 0.1) is 6.61 Å². The van der Waals surface area contributed by atoms with Crippen LogP contribution in [0, 0.1) is 5.92 Å². The van der Waals surface area contributed by atoms with Gasteiger partial charge in [-0.25, -0.2) is 4.79 Å². The maximum atomic E-state index is 11.2. The lowest BCUT2D eigenvalue weighted by Crippen LogP contribution is -2.32. The summed E-state index contributed by atoms with van der Waals surface area (Å²) < 4.78 is 11.1. The van der Waals surface area contributed by atoms with Gasteiger partial charge >= 0.3 is 5.97 Å². The summed E-state index contributed by atoms with van der Waals surface area (Å²) in [5.41, 5.74) is 0.873. The molecule has 0 spiro atoms. The van der Waals surface area contributed by atoms with Crippen LogP contribution in [0.1, 0.15) is 26.3 Å². The Labute approximate surface area is 120 Å². The molecule has 4 nitrogen and oxygen atoms in total. The average molecular weight is 278 g/mol. The van der Waals surface area contributed by atoms with Crippen LogP contribution in [0.25, 0.3) is 0 Å². The lowest BCUT2D eigenvalue weighted by molar-refractivity contribution is -0.147. The predicted octanol–water partition coefficient (Wildman–Crippen LogP) is 3.30. The molecule has 110 valence electrons. The molecule has 4 heteroatoms. The van der Waals surface area contributed by atoms with E-state index < -0.39 is 12.1 Å². The van der Waals surface area contributed by atoms with Crippen LogP contribution in [-0.4, -0.2) is 23.8 Å². The van der Waals surface area contributed by atoms with Crippen molar-refractivity contribution < 1.29 is 19.4 Å². The molecular formula is C16H22O4. The molecule has 0 aromatic heterocycles. The Balaban J connectivity index is 3.03. The quantitative estimate of drug-likeness (QED) is 0.741. The fourth-order valence-corrected chi connectivity index (χ4v) is 1.85. The number of rotatable bonds is 8. The first-order chi connectivity index (χ1) is 9.49. The van der Waals surface area contributed by atoms with Crippen molar-refractivity contribution >= 4 is 5.97 Å². The van der Waals surface area contributed by atoms with E-state index in [0.717, 1.165) is 11.3 Å². The molecule has 0 radical (unpaired) electrons. The summed E-state index contributed by atoms with van der Waals surface area (Å²) in [7, 11) is 0. The first-order valence-electron chi connectivity index (χ1n) is 6.75.